The molecule has 0 saturated carbocycles. The van der Waals surface area contributed by atoms with Crippen molar-refractivity contribution in [3.05, 3.63) is 61.7 Å². The number of H-pyrrole nitrogens is 1. The fourth-order valence-electron chi connectivity index (χ4n) is 2.65. The second-order valence-corrected chi connectivity index (χ2v) is 7.28. The predicted molar refractivity (Wildman–Crippen MR) is 109 cm³/mol. The molecule has 1 atom stereocenters. The normalized spacial score (nSPS) is 12.3. The Morgan fingerprint density at radius 1 is 1.22 bits per heavy atom. The van der Waals surface area contributed by atoms with E-state index in [1.807, 2.05) is 19.1 Å². The van der Waals surface area contributed by atoms with E-state index in [2.05, 4.69) is 58.2 Å². The molecule has 1 aromatic carbocycles. The molecule has 0 fully saturated rings. The summed E-state index contributed by atoms with van der Waals surface area (Å²) in [6.45, 7) is 1.93. The molecule has 3 heterocycles. The third-order valence-electron chi connectivity index (χ3n) is 3.85. The monoisotopic (exact) mass is 494 g/mol. The molecular weight excluding hydrogens is 483 g/mol. The lowest BCUT2D eigenvalue weighted by atomic mass is 10.2. The number of benzene rings is 1. The van der Waals surface area contributed by atoms with Gasteiger partial charge in [0, 0.05) is 20.0 Å². The van der Waals surface area contributed by atoms with E-state index in [4.69, 9.17) is 11.6 Å². The van der Waals surface area contributed by atoms with Gasteiger partial charge in [0.2, 0.25) is 0 Å². The number of hydrogen-bond acceptors (Lipinski definition) is 7. The van der Waals surface area contributed by atoms with Crippen LogP contribution in [-0.4, -0.2) is 34.9 Å². The van der Waals surface area contributed by atoms with E-state index in [1.54, 1.807) is 10.7 Å². The molecule has 9 nitrogen and oxygen atoms in total. The number of aromatic amines is 1. The van der Waals surface area contributed by atoms with Gasteiger partial charge in [-0.05, 0) is 47.7 Å². The zero-order valence-corrected chi connectivity index (χ0v) is 16.8. The highest BCUT2D eigenvalue weighted by molar-refractivity contribution is 14.1. The van der Waals surface area contributed by atoms with Gasteiger partial charge >= 0.3 is 0 Å². The van der Waals surface area contributed by atoms with E-state index in [-0.39, 0.29) is 11.6 Å². The fourth-order valence-corrected chi connectivity index (χ4v) is 3.82. The van der Waals surface area contributed by atoms with Crippen molar-refractivity contribution in [3.8, 4) is 5.82 Å². The van der Waals surface area contributed by atoms with Crippen molar-refractivity contribution in [2.75, 3.05) is 5.32 Å². The molecule has 27 heavy (non-hydrogen) atoms. The van der Waals surface area contributed by atoms with Gasteiger partial charge in [-0.2, -0.15) is 14.9 Å². The Balaban J connectivity index is 1.71. The molecule has 0 bridgehead atoms. The molecule has 136 valence electrons. The van der Waals surface area contributed by atoms with Crippen molar-refractivity contribution >= 4 is 50.9 Å². The third-order valence-corrected chi connectivity index (χ3v) is 4.89. The molecule has 0 aliphatic rings. The van der Waals surface area contributed by atoms with Crippen molar-refractivity contribution in [2.45, 2.75) is 13.0 Å². The minimum Gasteiger partial charge on any atom is -0.360 e. The quantitative estimate of drug-likeness (QED) is 0.419. The van der Waals surface area contributed by atoms with Gasteiger partial charge in [0.05, 0.1) is 11.6 Å². The van der Waals surface area contributed by atoms with E-state index in [0.717, 1.165) is 14.5 Å². The average Bonchev–Trinajstić information content (AvgIpc) is 3.13. The van der Waals surface area contributed by atoms with Crippen LogP contribution >= 0.6 is 34.2 Å². The highest BCUT2D eigenvalue weighted by Gasteiger charge is 2.17. The Morgan fingerprint density at radius 2 is 2.07 bits per heavy atom. The lowest BCUT2D eigenvalue weighted by molar-refractivity contribution is 0.699. The summed E-state index contributed by atoms with van der Waals surface area (Å²) in [6, 6.07) is 6.38. The van der Waals surface area contributed by atoms with Gasteiger partial charge in [-0.25, -0.2) is 20.1 Å². The molecule has 3 aromatic heterocycles. The van der Waals surface area contributed by atoms with Crippen LogP contribution in [-0.2, 0) is 0 Å². The molecule has 0 saturated heterocycles. The van der Waals surface area contributed by atoms with Crippen molar-refractivity contribution in [2.24, 2.45) is 0 Å². The lowest BCUT2D eigenvalue weighted by Crippen LogP contribution is -2.17. The van der Waals surface area contributed by atoms with E-state index in [0.29, 0.717) is 22.5 Å². The summed E-state index contributed by atoms with van der Waals surface area (Å²) in [5.74, 6) is 1.70. The number of hydrogen-bond donors (Lipinski definition) is 2. The first-order chi connectivity index (χ1) is 13.0. The van der Waals surface area contributed by atoms with Crippen molar-refractivity contribution in [1.29, 1.82) is 0 Å². The molecule has 0 spiro atoms. The van der Waals surface area contributed by atoms with E-state index >= 15 is 0 Å². The van der Waals surface area contributed by atoms with Crippen LogP contribution in [0.3, 0.4) is 0 Å². The Hall–Kier alpha value is -2.60. The van der Waals surface area contributed by atoms with Crippen LogP contribution in [0.25, 0.3) is 16.7 Å². The summed E-state index contributed by atoms with van der Waals surface area (Å²) in [5.41, 5.74) is 0.527. The topological polar surface area (TPSA) is 114 Å². The van der Waals surface area contributed by atoms with Crippen LogP contribution in [0.2, 0.25) is 5.02 Å². The van der Waals surface area contributed by atoms with Gasteiger partial charge in [-0.3, -0.25) is 4.79 Å². The van der Waals surface area contributed by atoms with Crippen LogP contribution in [0.5, 0.6) is 0 Å². The second-order valence-electron chi connectivity index (χ2n) is 5.68. The maximum absolute atomic E-state index is 11.2. The Morgan fingerprint density at radius 3 is 2.85 bits per heavy atom. The third kappa shape index (κ3) is 3.49. The summed E-state index contributed by atoms with van der Waals surface area (Å²) in [4.78, 5) is 24.2. The SMILES string of the molecule is C[C@H](Nc1ncnc2c(I)cc(Cl)cc12)c1ncnn1-c1ccc(=O)[nH]n1. The number of halogens is 2. The van der Waals surface area contributed by atoms with E-state index in [9.17, 15) is 4.79 Å². The summed E-state index contributed by atoms with van der Waals surface area (Å²) >= 11 is 8.39. The second kappa shape index (κ2) is 7.19. The molecule has 0 aliphatic heterocycles. The molecule has 2 N–H and O–H groups in total. The van der Waals surface area contributed by atoms with Gasteiger partial charge in [0.1, 0.15) is 18.5 Å². The fraction of sp³-hybridized carbons (Fsp3) is 0.125. The van der Waals surface area contributed by atoms with Crippen LogP contribution < -0.4 is 10.9 Å². The summed E-state index contributed by atoms with van der Waals surface area (Å²) in [5, 5.41) is 15.3. The number of nitrogens with zero attached hydrogens (tertiary/aromatic N) is 6. The minimum atomic E-state index is -0.287. The molecular formula is C16H12ClIN8O. The van der Waals surface area contributed by atoms with Crippen molar-refractivity contribution < 1.29 is 0 Å². The highest BCUT2D eigenvalue weighted by atomic mass is 127. The molecule has 11 heteroatoms. The van der Waals surface area contributed by atoms with Crippen molar-refractivity contribution in [1.82, 2.24) is 34.9 Å². The predicted octanol–water partition coefficient (Wildman–Crippen LogP) is 2.72. The largest absolute Gasteiger partial charge is 0.360 e. The maximum atomic E-state index is 11.2. The lowest BCUT2D eigenvalue weighted by Gasteiger charge is -2.16. The average molecular weight is 495 g/mol. The van der Waals surface area contributed by atoms with Crippen LogP contribution in [0.4, 0.5) is 5.82 Å². The minimum absolute atomic E-state index is 0.254. The van der Waals surface area contributed by atoms with E-state index < -0.39 is 0 Å². The number of aromatic nitrogens is 7. The first-order valence-electron chi connectivity index (χ1n) is 7.85. The number of rotatable bonds is 4. The Bertz CT molecular complexity index is 1170. The zero-order chi connectivity index (χ0) is 19.0. The summed E-state index contributed by atoms with van der Waals surface area (Å²) in [6.07, 6.45) is 2.93. The van der Waals surface area contributed by atoms with Gasteiger partial charge in [-0.1, -0.05) is 11.6 Å². The highest BCUT2D eigenvalue weighted by Crippen LogP contribution is 2.29. The van der Waals surface area contributed by atoms with Crippen molar-refractivity contribution in [3.63, 3.8) is 0 Å². The van der Waals surface area contributed by atoms with Gasteiger partial charge in [0.15, 0.2) is 11.6 Å². The number of fused-ring (bicyclic) bond motifs is 1. The standard InChI is InChI=1S/C16H12ClIN8O/c1-8(16-21-7-22-26(16)12-2-3-13(27)25-24-12)23-15-10-4-9(17)5-11(18)14(10)19-6-20-15/h2-8H,1H3,(H,25,27)(H,19,20,23)/t8-/m0/s1. The molecule has 0 unspecified atom stereocenters. The molecule has 0 amide bonds. The molecule has 4 rings (SSSR count). The van der Waals surface area contributed by atoms with E-state index in [1.165, 1.54) is 18.7 Å². The first-order valence-corrected chi connectivity index (χ1v) is 9.31. The van der Waals surface area contributed by atoms with Gasteiger partial charge in [-0.15, -0.1) is 0 Å². The van der Waals surface area contributed by atoms with Crippen LogP contribution in [0, 0.1) is 3.57 Å². The Labute approximate surface area is 171 Å². The number of anilines is 1. The van der Waals surface area contributed by atoms with Crippen LogP contribution in [0.15, 0.2) is 41.7 Å². The summed E-state index contributed by atoms with van der Waals surface area (Å²) < 4.78 is 2.49. The first kappa shape index (κ1) is 17.8. The van der Waals surface area contributed by atoms with Gasteiger partial charge < -0.3 is 5.32 Å². The van der Waals surface area contributed by atoms with Crippen LogP contribution in [0.1, 0.15) is 18.8 Å². The zero-order valence-electron chi connectivity index (χ0n) is 13.9. The maximum Gasteiger partial charge on any atom is 0.264 e. The summed E-state index contributed by atoms with van der Waals surface area (Å²) in [7, 11) is 0. The molecule has 0 radical (unpaired) electrons. The smallest absolute Gasteiger partial charge is 0.264 e. The van der Waals surface area contributed by atoms with Gasteiger partial charge in [0.25, 0.3) is 5.56 Å². The molecule has 4 aromatic rings. The molecule has 0 aliphatic carbocycles. The Kier molecular flexibility index (Phi) is 4.74. The number of nitrogens with one attached hydrogen (secondary N) is 2.